The molecule has 1 aliphatic carbocycles. The van der Waals surface area contributed by atoms with Crippen LogP contribution < -0.4 is 10.1 Å². The van der Waals surface area contributed by atoms with E-state index >= 15 is 0 Å². The number of ether oxygens (including phenoxy) is 1. The first-order valence-electron chi connectivity index (χ1n) is 8.93. The Morgan fingerprint density at radius 3 is 2.89 bits per heavy atom. The molecular formula is C20H23F2N3O2. The van der Waals surface area contributed by atoms with Crippen LogP contribution in [0, 0.1) is 6.92 Å². The van der Waals surface area contributed by atoms with Crippen molar-refractivity contribution in [1.29, 1.82) is 0 Å². The van der Waals surface area contributed by atoms with Crippen LogP contribution in [0.15, 0.2) is 36.5 Å². The van der Waals surface area contributed by atoms with Gasteiger partial charge in [0.2, 0.25) is 0 Å². The molecule has 5 nitrogen and oxygen atoms in total. The Labute approximate surface area is 157 Å². The number of fused-ring (bicyclic) bond motifs is 1. The monoisotopic (exact) mass is 375 g/mol. The fourth-order valence-corrected chi connectivity index (χ4v) is 3.28. The van der Waals surface area contributed by atoms with Crippen molar-refractivity contribution >= 4 is 6.03 Å². The molecular weight excluding hydrogens is 352 g/mol. The summed E-state index contributed by atoms with van der Waals surface area (Å²) in [5, 5.41) is 3.04. The molecule has 3 rings (SSSR count). The number of hydrogen-bond donors (Lipinski definition) is 1. The van der Waals surface area contributed by atoms with E-state index in [4.69, 9.17) is 0 Å². The zero-order valence-electron chi connectivity index (χ0n) is 15.4. The molecule has 0 fully saturated rings. The minimum Gasteiger partial charge on any atom is -0.435 e. The van der Waals surface area contributed by atoms with Gasteiger partial charge in [-0.3, -0.25) is 4.98 Å². The van der Waals surface area contributed by atoms with E-state index in [0.717, 1.165) is 41.6 Å². The smallest absolute Gasteiger partial charge is 0.387 e. The number of rotatable bonds is 5. The SMILES string of the molecule is Cc1ccc(CN(C)C(=O)NC2CCCc3cc(OC(F)F)ccc32)nc1. The Balaban J connectivity index is 1.65. The van der Waals surface area contributed by atoms with Crippen molar-refractivity contribution in [3.8, 4) is 5.75 Å². The fraction of sp³-hybridized carbons (Fsp3) is 0.400. The van der Waals surface area contributed by atoms with Crippen molar-refractivity contribution in [1.82, 2.24) is 15.2 Å². The molecule has 1 aliphatic rings. The Morgan fingerprint density at radius 2 is 2.19 bits per heavy atom. The molecule has 1 atom stereocenters. The van der Waals surface area contributed by atoms with Gasteiger partial charge in [-0.1, -0.05) is 12.1 Å². The predicted octanol–water partition coefficient (Wildman–Crippen LogP) is 4.21. The van der Waals surface area contributed by atoms with Crippen LogP contribution in [0.2, 0.25) is 0 Å². The lowest BCUT2D eigenvalue weighted by molar-refractivity contribution is -0.0499. The second kappa shape index (κ2) is 8.33. The number of benzene rings is 1. The first-order valence-corrected chi connectivity index (χ1v) is 8.93. The molecule has 1 aromatic heterocycles. The van der Waals surface area contributed by atoms with Crippen LogP contribution >= 0.6 is 0 Å². The highest BCUT2D eigenvalue weighted by Crippen LogP contribution is 2.32. The Kier molecular flexibility index (Phi) is 5.88. The van der Waals surface area contributed by atoms with Gasteiger partial charge >= 0.3 is 12.6 Å². The van der Waals surface area contributed by atoms with Crippen molar-refractivity contribution < 1.29 is 18.3 Å². The van der Waals surface area contributed by atoms with E-state index in [1.165, 1.54) is 6.07 Å². The van der Waals surface area contributed by atoms with Gasteiger partial charge in [0.1, 0.15) is 5.75 Å². The first-order chi connectivity index (χ1) is 12.9. The van der Waals surface area contributed by atoms with E-state index in [2.05, 4.69) is 15.0 Å². The van der Waals surface area contributed by atoms with Gasteiger partial charge in [0.05, 0.1) is 18.3 Å². The Morgan fingerprint density at radius 1 is 1.37 bits per heavy atom. The van der Waals surface area contributed by atoms with Crippen LogP contribution in [0.3, 0.4) is 0 Å². The van der Waals surface area contributed by atoms with E-state index in [0.29, 0.717) is 6.54 Å². The van der Waals surface area contributed by atoms with Crippen molar-refractivity contribution in [2.24, 2.45) is 0 Å². The molecule has 1 N–H and O–H groups in total. The highest BCUT2D eigenvalue weighted by molar-refractivity contribution is 5.74. The highest BCUT2D eigenvalue weighted by atomic mass is 19.3. The van der Waals surface area contributed by atoms with E-state index in [1.54, 1.807) is 30.3 Å². The van der Waals surface area contributed by atoms with Crippen molar-refractivity contribution in [2.45, 2.75) is 45.4 Å². The average Bonchev–Trinajstić information content (AvgIpc) is 2.63. The second-order valence-electron chi connectivity index (χ2n) is 6.82. The number of urea groups is 1. The van der Waals surface area contributed by atoms with Crippen molar-refractivity contribution in [3.63, 3.8) is 0 Å². The van der Waals surface area contributed by atoms with E-state index in [-0.39, 0.29) is 17.8 Å². The number of alkyl halides is 2. The van der Waals surface area contributed by atoms with Crippen LogP contribution in [0.4, 0.5) is 13.6 Å². The van der Waals surface area contributed by atoms with Crippen molar-refractivity contribution in [2.75, 3.05) is 7.05 Å². The summed E-state index contributed by atoms with van der Waals surface area (Å²) in [6.45, 7) is -0.468. The number of nitrogens with zero attached hydrogens (tertiary/aromatic N) is 2. The van der Waals surface area contributed by atoms with Gasteiger partial charge < -0.3 is 15.0 Å². The summed E-state index contributed by atoms with van der Waals surface area (Å²) in [7, 11) is 1.72. The summed E-state index contributed by atoms with van der Waals surface area (Å²) >= 11 is 0. The van der Waals surface area contributed by atoms with Gasteiger partial charge in [-0.15, -0.1) is 0 Å². The van der Waals surface area contributed by atoms with Crippen LogP contribution in [-0.2, 0) is 13.0 Å². The third kappa shape index (κ3) is 4.93. The number of hydrogen-bond acceptors (Lipinski definition) is 3. The van der Waals surface area contributed by atoms with E-state index in [9.17, 15) is 13.6 Å². The fourth-order valence-electron chi connectivity index (χ4n) is 3.28. The maximum Gasteiger partial charge on any atom is 0.387 e. The van der Waals surface area contributed by atoms with E-state index < -0.39 is 6.61 Å². The average molecular weight is 375 g/mol. The predicted molar refractivity (Wildman–Crippen MR) is 97.7 cm³/mol. The molecule has 27 heavy (non-hydrogen) atoms. The molecule has 0 saturated heterocycles. The molecule has 7 heteroatoms. The lowest BCUT2D eigenvalue weighted by Crippen LogP contribution is -2.40. The second-order valence-corrected chi connectivity index (χ2v) is 6.82. The quantitative estimate of drug-likeness (QED) is 0.852. The maximum absolute atomic E-state index is 12.6. The molecule has 0 bridgehead atoms. The zero-order chi connectivity index (χ0) is 19.4. The van der Waals surface area contributed by atoms with Crippen molar-refractivity contribution in [3.05, 3.63) is 58.9 Å². The summed E-state index contributed by atoms with van der Waals surface area (Å²) in [6, 6.07) is 8.45. The lowest BCUT2D eigenvalue weighted by Gasteiger charge is -2.29. The van der Waals surface area contributed by atoms with Gasteiger partial charge in [-0.2, -0.15) is 8.78 Å². The summed E-state index contributed by atoms with van der Waals surface area (Å²) in [4.78, 5) is 18.5. The van der Waals surface area contributed by atoms with E-state index in [1.807, 2.05) is 19.1 Å². The molecule has 1 unspecified atom stereocenters. The van der Waals surface area contributed by atoms with Gasteiger partial charge in [0.15, 0.2) is 0 Å². The molecule has 0 spiro atoms. The summed E-state index contributed by atoms with van der Waals surface area (Å²) in [5.74, 6) is 0.151. The molecule has 0 aliphatic heterocycles. The molecule has 2 amide bonds. The third-order valence-corrected chi connectivity index (χ3v) is 4.67. The van der Waals surface area contributed by atoms with Gasteiger partial charge in [-0.05, 0) is 61.1 Å². The van der Waals surface area contributed by atoms with Gasteiger partial charge in [-0.25, -0.2) is 4.79 Å². The number of carbonyl (C=O) groups excluding carboxylic acids is 1. The van der Waals surface area contributed by atoms with Crippen LogP contribution in [0.1, 0.15) is 41.3 Å². The molecule has 0 radical (unpaired) electrons. The topological polar surface area (TPSA) is 54.5 Å². The maximum atomic E-state index is 12.6. The third-order valence-electron chi connectivity index (χ3n) is 4.67. The minimum atomic E-state index is -2.84. The number of pyridine rings is 1. The summed E-state index contributed by atoms with van der Waals surface area (Å²) < 4.78 is 29.3. The number of carbonyl (C=O) groups is 1. The summed E-state index contributed by atoms with van der Waals surface area (Å²) in [6.07, 6.45) is 4.24. The number of amides is 2. The highest BCUT2D eigenvalue weighted by Gasteiger charge is 2.24. The molecule has 1 heterocycles. The number of nitrogens with one attached hydrogen (secondary N) is 1. The summed E-state index contributed by atoms with van der Waals surface area (Å²) in [5.41, 5.74) is 3.78. The normalized spacial score (nSPS) is 16.0. The molecule has 2 aromatic rings. The Bertz CT molecular complexity index is 796. The van der Waals surface area contributed by atoms with Crippen LogP contribution in [0.25, 0.3) is 0 Å². The largest absolute Gasteiger partial charge is 0.435 e. The first kappa shape index (κ1) is 19.1. The number of halogens is 2. The van der Waals surface area contributed by atoms with Crippen LogP contribution in [-0.4, -0.2) is 29.6 Å². The lowest BCUT2D eigenvalue weighted by atomic mass is 9.87. The van der Waals surface area contributed by atoms with Gasteiger partial charge in [0, 0.05) is 13.2 Å². The molecule has 1 aromatic carbocycles. The number of aromatic nitrogens is 1. The number of aryl methyl sites for hydroxylation is 2. The zero-order valence-corrected chi connectivity index (χ0v) is 15.4. The Hall–Kier alpha value is -2.70. The molecule has 144 valence electrons. The van der Waals surface area contributed by atoms with Crippen LogP contribution in [0.5, 0.6) is 5.75 Å². The standard InChI is InChI=1S/C20H23F2N3O2/c1-13-6-7-15(23-11-13)12-25(2)20(26)24-18-5-3-4-14-10-16(27-19(21)22)8-9-17(14)18/h6-11,18-19H,3-5,12H2,1-2H3,(H,24,26). The van der Waals surface area contributed by atoms with Gasteiger partial charge in [0.25, 0.3) is 0 Å². The minimum absolute atomic E-state index is 0.143. The molecule has 0 saturated carbocycles.